The second kappa shape index (κ2) is 7.81. The average Bonchev–Trinajstić information content (AvgIpc) is 3.40. The molecule has 1 heterocycles. The lowest BCUT2D eigenvalue weighted by Gasteiger charge is -2.08. The highest BCUT2D eigenvalue weighted by Gasteiger charge is 2.21. The largest absolute Gasteiger partial charge is 0.478 e. The van der Waals surface area contributed by atoms with E-state index >= 15 is 0 Å². The summed E-state index contributed by atoms with van der Waals surface area (Å²) in [5, 5.41) is 24.5. The topological polar surface area (TPSA) is 110 Å². The molecule has 28 heavy (non-hydrogen) atoms. The van der Waals surface area contributed by atoms with Crippen LogP contribution in [0.25, 0.3) is 5.69 Å². The molecule has 1 fully saturated rings. The number of hydrogen-bond acceptors (Lipinski definition) is 7. The van der Waals surface area contributed by atoms with Gasteiger partial charge in [-0.3, -0.25) is 4.79 Å². The highest BCUT2D eigenvalue weighted by Crippen LogP contribution is 2.25. The molecule has 1 saturated carbocycles. The Morgan fingerprint density at radius 1 is 1.14 bits per heavy atom. The van der Waals surface area contributed by atoms with E-state index in [0.717, 1.165) is 5.69 Å². The molecule has 2 N–H and O–H groups in total. The van der Waals surface area contributed by atoms with Crippen LogP contribution in [0.2, 0.25) is 0 Å². The first kappa shape index (κ1) is 18.2. The van der Waals surface area contributed by atoms with Gasteiger partial charge in [-0.1, -0.05) is 23.9 Å². The summed E-state index contributed by atoms with van der Waals surface area (Å²) < 4.78 is 1.34. The van der Waals surface area contributed by atoms with Gasteiger partial charge in [0.15, 0.2) is 5.78 Å². The summed E-state index contributed by atoms with van der Waals surface area (Å²) in [7, 11) is 0. The number of carbonyl (C=O) groups is 2. The highest BCUT2D eigenvalue weighted by atomic mass is 32.2. The van der Waals surface area contributed by atoms with Crippen molar-refractivity contribution in [2.24, 2.45) is 0 Å². The number of carboxylic acid groups (broad SMARTS) is 1. The Morgan fingerprint density at radius 2 is 1.89 bits per heavy atom. The number of aromatic nitrogens is 4. The number of carbonyl (C=O) groups excluding carboxylic acids is 1. The standard InChI is InChI=1S/C19H17N5O3S/c25-17(12-5-7-13(8-6-12)20-14-9-10-14)11-28-19-21-22-23-24(19)16-4-2-1-3-15(16)18(26)27/h1-8,14,20H,9-11H2,(H,26,27). The van der Waals surface area contributed by atoms with Crippen LogP contribution in [-0.4, -0.2) is 48.9 Å². The van der Waals surface area contributed by atoms with E-state index in [-0.39, 0.29) is 17.1 Å². The molecule has 0 unspecified atom stereocenters. The molecule has 0 saturated heterocycles. The number of ketones is 1. The minimum absolute atomic E-state index is 0.0518. The predicted octanol–water partition coefficient (Wildman–Crippen LogP) is 2.91. The molecular formula is C19H17N5O3S. The van der Waals surface area contributed by atoms with Gasteiger partial charge in [-0.2, -0.15) is 4.68 Å². The van der Waals surface area contributed by atoms with Crippen LogP contribution in [0.15, 0.2) is 53.7 Å². The van der Waals surface area contributed by atoms with Gasteiger partial charge in [-0.15, -0.1) is 5.10 Å². The number of benzene rings is 2. The Balaban J connectivity index is 1.45. The van der Waals surface area contributed by atoms with Gasteiger partial charge in [0.25, 0.3) is 0 Å². The number of para-hydroxylation sites is 1. The molecule has 0 spiro atoms. The van der Waals surface area contributed by atoms with E-state index in [2.05, 4.69) is 20.8 Å². The van der Waals surface area contributed by atoms with Crippen LogP contribution >= 0.6 is 11.8 Å². The molecule has 8 nitrogen and oxygen atoms in total. The summed E-state index contributed by atoms with van der Waals surface area (Å²) in [6.07, 6.45) is 2.38. The monoisotopic (exact) mass is 395 g/mol. The first-order valence-electron chi connectivity index (χ1n) is 8.75. The van der Waals surface area contributed by atoms with Crippen molar-refractivity contribution >= 4 is 29.2 Å². The van der Waals surface area contributed by atoms with Gasteiger partial charge in [-0.25, -0.2) is 4.79 Å². The summed E-state index contributed by atoms with van der Waals surface area (Å²) in [5.74, 6) is -0.979. The van der Waals surface area contributed by atoms with Crippen molar-refractivity contribution in [2.45, 2.75) is 24.0 Å². The van der Waals surface area contributed by atoms with E-state index in [1.54, 1.807) is 30.3 Å². The summed E-state index contributed by atoms with van der Waals surface area (Å²) in [6.45, 7) is 0. The van der Waals surface area contributed by atoms with Gasteiger partial charge in [0.1, 0.15) is 0 Å². The molecule has 9 heteroatoms. The molecule has 3 aromatic rings. The number of nitrogens with zero attached hydrogens (tertiary/aromatic N) is 4. The van der Waals surface area contributed by atoms with Crippen molar-refractivity contribution in [3.63, 3.8) is 0 Å². The zero-order chi connectivity index (χ0) is 19.5. The number of thioether (sulfide) groups is 1. The minimum Gasteiger partial charge on any atom is -0.478 e. The lowest BCUT2D eigenvalue weighted by atomic mass is 10.1. The summed E-state index contributed by atoms with van der Waals surface area (Å²) >= 11 is 1.17. The average molecular weight is 395 g/mol. The molecule has 0 radical (unpaired) electrons. The first-order chi connectivity index (χ1) is 13.6. The number of Topliss-reactive ketones (excluding diaryl/α,β-unsaturated/α-hetero) is 1. The Hall–Kier alpha value is -3.20. The zero-order valence-electron chi connectivity index (χ0n) is 14.8. The smallest absolute Gasteiger partial charge is 0.337 e. The van der Waals surface area contributed by atoms with Crippen LogP contribution in [0.3, 0.4) is 0 Å². The molecular weight excluding hydrogens is 378 g/mol. The molecule has 2 aromatic carbocycles. The van der Waals surface area contributed by atoms with Crippen LogP contribution in [-0.2, 0) is 0 Å². The van der Waals surface area contributed by atoms with Crippen molar-refractivity contribution in [1.29, 1.82) is 0 Å². The summed E-state index contributed by atoms with van der Waals surface area (Å²) in [6, 6.07) is 14.4. The lowest BCUT2D eigenvalue weighted by Crippen LogP contribution is -2.09. The zero-order valence-corrected chi connectivity index (χ0v) is 15.6. The molecule has 0 bridgehead atoms. The quantitative estimate of drug-likeness (QED) is 0.442. The van der Waals surface area contributed by atoms with E-state index in [9.17, 15) is 14.7 Å². The second-order valence-corrected chi connectivity index (χ2v) is 7.35. The third-order valence-electron chi connectivity index (χ3n) is 4.29. The van der Waals surface area contributed by atoms with Gasteiger partial charge in [0.2, 0.25) is 5.16 Å². The van der Waals surface area contributed by atoms with Crippen molar-refractivity contribution in [2.75, 3.05) is 11.1 Å². The van der Waals surface area contributed by atoms with Crippen LogP contribution in [0, 0.1) is 0 Å². The van der Waals surface area contributed by atoms with E-state index in [1.165, 1.54) is 35.4 Å². The minimum atomic E-state index is -1.07. The molecule has 0 aliphatic heterocycles. The maximum absolute atomic E-state index is 12.5. The second-order valence-electron chi connectivity index (χ2n) is 6.40. The molecule has 4 rings (SSSR count). The number of carboxylic acids is 1. The molecule has 0 atom stereocenters. The maximum Gasteiger partial charge on any atom is 0.337 e. The van der Waals surface area contributed by atoms with Gasteiger partial charge < -0.3 is 10.4 Å². The fourth-order valence-corrected chi connectivity index (χ4v) is 3.47. The van der Waals surface area contributed by atoms with E-state index in [0.29, 0.717) is 22.4 Å². The van der Waals surface area contributed by atoms with Gasteiger partial charge in [-0.05, 0) is 59.7 Å². The predicted molar refractivity (Wildman–Crippen MR) is 104 cm³/mol. The SMILES string of the molecule is O=C(CSc1nnnn1-c1ccccc1C(=O)O)c1ccc(NC2CC2)cc1. The Bertz CT molecular complexity index is 1010. The number of tetrazole rings is 1. The van der Waals surface area contributed by atoms with Crippen molar-refractivity contribution in [3.8, 4) is 5.69 Å². The highest BCUT2D eigenvalue weighted by molar-refractivity contribution is 7.99. The Labute approximate surface area is 165 Å². The Kier molecular flexibility index (Phi) is 5.07. The third kappa shape index (κ3) is 4.04. The van der Waals surface area contributed by atoms with Crippen molar-refractivity contribution < 1.29 is 14.7 Å². The molecule has 1 aromatic heterocycles. The van der Waals surface area contributed by atoms with Crippen molar-refractivity contribution in [1.82, 2.24) is 20.2 Å². The van der Waals surface area contributed by atoms with E-state index in [4.69, 9.17) is 0 Å². The van der Waals surface area contributed by atoms with Crippen molar-refractivity contribution in [3.05, 3.63) is 59.7 Å². The van der Waals surface area contributed by atoms with Crippen LogP contribution < -0.4 is 5.32 Å². The first-order valence-corrected chi connectivity index (χ1v) is 9.74. The Morgan fingerprint density at radius 3 is 2.61 bits per heavy atom. The van der Waals surface area contributed by atoms with Crippen LogP contribution in [0.1, 0.15) is 33.6 Å². The lowest BCUT2D eigenvalue weighted by molar-refractivity contribution is 0.0696. The van der Waals surface area contributed by atoms with Crippen LogP contribution in [0.5, 0.6) is 0 Å². The van der Waals surface area contributed by atoms with Gasteiger partial charge in [0.05, 0.1) is 17.0 Å². The number of aromatic carboxylic acids is 1. The fraction of sp³-hybridized carbons (Fsp3) is 0.211. The molecule has 1 aliphatic rings. The number of hydrogen-bond donors (Lipinski definition) is 2. The van der Waals surface area contributed by atoms with E-state index < -0.39 is 5.97 Å². The number of anilines is 1. The summed E-state index contributed by atoms with van der Waals surface area (Å²) in [4.78, 5) is 23.9. The molecule has 1 aliphatic carbocycles. The van der Waals surface area contributed by atoms with Crippen LogP contribution in [0.4, 0.5) is 5.69 Å². The molecule has 142 valence electrons. The summed E-state index contributed by atoms with van der Waals surface area (Å²) in [5.41, 5.74) is 2.06. The third-order valence-corrected chi connectivity index (χ3v) is 5.21. The van der Waals surface area contributed by atoms with Gasteiger partial charge in [0, 0.05) is 17.3 Å². The maximum atomic E-state index is 12.5. The molecule has 0 amide bonds. The number of rotatable bonds is 8. The normalized spacial score (nSPS) is 13.3. The van der Waals surface area contributed by atoms with Gasteiger partial charge >= 0.3 is 5.97 Å². The fourth-order valence-electron chi connectivity index (χ4n) is 2.69. The number of nitrogens with one attached hydrogen (secondary N) is 1. The van der Waals surface area contributed by atoms with E-state index in [1.807, 2.05) is 12.1 Å².